The van der Waals surface area contributed by atoms with Gasteiger partial charge in [0.2, 0.25) is 0 Å². The van der Waals surface area contributed by atoms with Crippen LogP contribution >= 0.6 is 11.3 Å². The first-order valence-electron chi connectivity index (χ1n) is 5.14. The highest BCUT2D eigenvalue weighted by atomic mass is 32.1. The Balaban J connectivity index is 2.37. The highest BCUT2D eigenvalue weighted by Crippen LogP contribution is 2.13. The molecule has 0 fully saturated rings. The quantitative estimate of drug-likeness (QED) is 0.616. The van der Waals surface area contributed by atoms with Gasteiger partial charge < -0.3 is 5.32 Å². The largest absolute Gasteiger partial charge is 0.348 e. The van der Waals surface area contributed by atoms with E-state index in [0.717, 1.165) is 18.5 Å². The lowest BCUT2D eigenvalue weighted by atomic mass is 10.3. The molecular weight excluding hydrogens is 226 g/mol. The lowest BCUT2D eigenvalue weighted by Crippen LogP contribution is -2.35. The summed E-state index contributed by atoms with van der Waals surface area (Å²) in [5, 5.41) is 7.24. The van der Waals surface area contributed by atoms with Crippen LogP contribution in [0.25, 0.3) is 0 Å². The van der Waals surface area contributed by atoms with Crippen molar-refractivity contribution in [3.63, 3.8) is 0 Å². The SMILES string of the molecule is CCCCNC(=O)C(=O)Nc1nc(C)cs1. The number of rotatable bonds is 4. The molecule has 0 aliphatic rings. The van der Waals surface area contributed by atoms with Crippen molar-refractivity contribution in [1.82, 2.24) is 10.3 Å². The van der Waals surface area contributed by atoms with E-state index in [1.165, 1.54) is 11.3 Å². The van der Waals surface area contributed by atoms with E-state index in [9.17, 15) is 9.59 Å². The minimum absolute atomic E-state index is 0.452. The lowest BCUT2D eigenvalue weighted by molar-refractivity contribution is -0.136. The Kier molecular flexibility index (Phi) is 4.91. The van der Waals surface area contributed by atoms with Crippen LogP contribution in [-0.2, 0) is 9.59 Å². The standard InChI is InChI=1S/C10H15N3O2S/c1-3-4-5-11-8(14)9(15)13-10-12-7(2)6-16-10/h6H,3-5H2,1-2H3,(H,11,14)(H,12,13,15). The van der Waals surface area contributed by atoms with Gasteiger partial charge in [-0.15, -0.1) is 11.3 Å². The molecule has 0 bridgehead atoms. The summed E-state index contributed by atoms with van der Waals surface area (Å²) in [4.78, 5) is 26.7. The van der Waals surface area contributed by atoms with Crippen LogP contribution in [0.3, 0.4) is 0 Å². The molecule has 0 aliphatic carbocycles. The van der Waals surface area contributed by atoms with E-state index in [2.05, 4.69) is 15.6 Å². The third-order valence-electron chi connectivity index (χ3n) is 1.86. The number of aromatic nitrogens is 1. The van der Waals surface area contributed by atoms with Crippen molar-refractivity contribution in [3.8, 4) is 0 Å². The van der Waals surface area contributed by atoms with Crippen molar-refractivity contribution >= 4 is 28.3 Å². The molecule has 2 N–H and O–H groups in total. The Hall–Kier alpha value is -1.43. The highest BCUT2D eigenvalue weighted by molar-refractivity contribution is 7.14. The maximum atomic E-state index is 11.4. The summed E-state index contributed by atoms with van der Waals surface area (Å²) in [5.74, 6) is -1.27. The number of carbonyl (C=O) groups is 2. The molecule has 0 unspecified atom stereocenters. The van der Waals surface area contributed by atoms with Gasteiger partial charge in [0.1, 0.15) is 0 Å². The number of nitrogens with one attached hydrogen (secondary N) is 2. The molecule has 1 aromatic heterocycles. The first-order chi connectivity index (χ1) is 7.63. The third kappa shape index (κ3) is 3.98. The topological polar surface area (TPSA) is 71.1 Å². The van der Waals surface area contributed by atoms with Crippen LogP contribution in [0.1, 0.15) is 25.5 Å². The van der Waals surface area contributed by atoms with Gasteiger partial charge in [0.05, 0.1) is 5.69 Å². The van der Waals surface area contributed by atoms with E-state index < -0.39 is 11.8 Å². The predicted octanol–water partition coefficient (Wildman–Crippen LogP) is 1.31. The zero-order chi connectivity index (χ0) is 12.0. The number of aryl methyl sites for hydroxylation is 1. The van der Waals surface area contributed by atoms with Crippen LogP contribution in [-0.4, -0.2) is 23.3 Å². The predicted molar refractivity (Wildman–Crippen MR) is 63.4 cm³/mol. The van der Waals surface area contributed by atoms with Crippen LogP contribution in [0.5, 0.6) is 0 Å². The molecule has 0 spiro atoms. The fourth-order valence-electron chi connectivity index (χ4n) is 1.02. The summed E-state index contributed by atoms with van der Waals surface area (Å²) >= 11 is 1.30. The molecular formula is C10H15N3O2S. The van der Waals surface area contributed by atoms with Crippen LogP contribution < -0.4 is 10.6 Å². The Morgan fingerprint density at radius 3 is 2.75 bits per heavy atom. The van der Waals surface area contributed by atoms with Gasteiger partial charge in [-0.25, -0.2) is 4.98 Å². The fraction of sp³-hybridized carbons (Fsp3) is 0.500. The number of hydrogen-bond donors (Lipinski definition) is 2. The zero-order valence-corrected chi connectivity index (χ0v) is 10.2. The van der Waals surface area contributed by atoms with Gasteiger partial charge in [0.25, 0.3) is 0 Å². The number of thiazole rings is 1. The van der Waals surface area contributed by atoms with E-state index in [1.54, 1.807) is 0 Å². The number of anilines is 1. The average molecular weight is 241 g/mol. The zero-order valence-electron chi connectivity index (χ0n) is 9.37. The van der Waals surface area contributed by atoms with Gasteiger partial charge in [-0.05, 0) is 13.3 Å². The van der Waals surface area contributed by atoms with Crippen molar-refractivity contribution < 1.29 is 9.59 Å². The van der Waals surface area contributed by atoms with Crippen molar-refractivity contribution in [1.29, 1.82) is 0 Å². The second kappa shape index (κ2) is 6.22. The van der Waals surface area contributed by atoms with Gasteiger partial charge >= 0.3 is 11.8 Å². The molecule has 0 radical (unpaired) electrons. The van der Waals surface area contributed by atoms with Gasteiger partial charge in [0, 0.05) is 11.9 Å². The summed E-state index contributed by atoms with van der Waals surface area (Å²) in [7, 11) is 0. The Labute approximate surface area is 98.3 Å². The number of nitrogens with zero attached hydrogens (tertiary/aromatic N) is 1. The minimum Gasteiger partial charge on any atom is -0.348 e. The van der Waals surface area contributed by atoms with Gasteiger partial charge in [0.15, 0.2) is 5.13 Å². The van der Waals surface area contributed by atoms with E-state index in [0.29, 0.717) is 11.7 Å². The summed E-state index contributed by atoms with van der Waals surface area (Å²) in [6.45, 7) is 4.37. The highest BCUT2D eigenvalue weighted by Gasteiger charge is 2.13. The molecule has 6 heteroatoms. The molecule has 2 amide bonds. The molecule has 16 heavy (non-hydrogen) atoms. The van der Waals surface area contributed by atoms with Crippen LogP contribution in [0.2, 0.25) is 0 Å². The third-order valence-corrected chi connectivity index (χ3v) is 2.74. The molecule has 0 atom stereocenters. The van der Waals surface area contributed by atoms with Crippen LogP contribution in [0.4, 0.5) is 5.13 Å². The van der Waals surface area contributed by atoms with Crippen molar-refractivity contribution in [2.45, 2.75) is 26.7 Å². The smallest absolute Gasteiger partial charge is 0.315 e. The first-order valence-corrected chi connectivity index (χ1v) is 6.02. The molecule has 88 valence electrons. The molecule has 0 saturated heterocycles. The molecule has 1 aromatic rings. The number of unbranched alkanes of at least 4 members (excludes halogenated alkanes) is 1. The first kappa shape index (κ1) is 12.6. The minimum atomic E-state index is -0.662. The van der Waals surface area contributed by atoms with E-state index in [-0.39, 0.29) is 0 Å². The van der Waals surface area contributed by atoms with Crippen LogP contribution in [0, 0.1) is 6.92 Å². The van der Waals surface area contributed by atoms with Crippen molar-refractivity contribution in [2.75, 3.05) is 11.9 Å². The van der Waals surface area contributed by atoms with E-state index in [4.69, 9.17) is 0 Å². The summed E-state index contributed by atoms with van der Waals surface area (Å²) in [6, 6.07) is 0. The number of carbonyl (C=O) groups excluding carboxylic acids is 2. The van der Waals surface area contributed by atoms with Crippen molar-refractivity contribution in [2.24, 2.45) is 0 Å². The normalized spacial score (nSPS) is 9.88. The van der Waals surface area contributed by atoms with E-state index in [1.807, 2.05) is 19.2 Å². The molecule has 0 aliphatic heterocycles. The summed E-state index contributed by atoms with van der Waals surface area (Å²) in [5.41, 5.74) is 0.826. The maximum Gasteiger partial charge on any atom is 0.315 e. The van der Waals surface area contributed by atoms with Gasteiger partial charge in [-0.3, -0.25) is 14.9 Å². The van der Waals surface area contributed by atoms with Gasteiger partial charge in [-0.2, -0.15) is 0 Å². The lowest BCUT2D eigenvalue weighted by Gasteiger charge is -2.03. The monoisotopic (exact) mass is 241 g/mol. The Morgan fingerprint density at radius 2 is 2.19 bits per heavy atom. The second-order valence-corrected chi connectivity index (χ2v) is 4.22. The van der Waals surface area contributed by atoms with E-state index >= 15 is 0 Å². The maximum absolute atomic E-state index is 11.4. The molecule has 1 rings (SSSR count). The van der Waals surface area contributed by atoms with Crippen LogP contribution in [0.15, 0.2) is 5.38 Å². The molecule has 0 saturated carbocycles. The van der Waals surface area contributed by atoms with Crippen molar-refractivity contribution in [3.05, 3.63) is 11.1 Å². The summed E-state index contributed by atoms with van der Waals surface area (Å²) in [6.07, 6.45) is 1.85. The number of hydrogen-bond acceptors (Lipinski definition) is 4. The average Bonchev–Trinajstić information content (AvgIpc) is 2.64. The fourth-order valence-corrected chi connectivity index (χ4v) is 1.71. The second-order valence-electron chi connectivity index (χ2n) is 3.36. The number of amides is 2. The van der Waals surface area contributed by atoms with Gasteiger partial charge in [-0.1, -0.05) is 13.3 Å². The Morgan fingerprint density at radius 1 is 1.44 bits per heavy atom. The Bertz CT molecular complexity index is 376. The summed E-state index contributed by atoms with van der Waals surface area (Å²) < 4.78 is 0. The molecule has 0 aromatic carbocycles. The molecule has 1 heterocycles. The molecule has 5 nitrogen and oxygen atoms in total.